The zero-order valence-corrected chi connectivity index (χ0v) is 43.0. The summed E-state index contributed by atoms with van der Waals surface area (Å²) in [5.41, 5.74) is -7.31. The van der Waals surface area contributed by atoms with Gasteiger partial charge in [-0.15, -0.1) is 12.3 Å². The minimum absolute atomic E-state index is 0.0760. The molecule has 0 radical (unpaired) electrons. The lowest BCUT2D eigenvalue weighted by Crippen LogP contribution is -2.46. The van der Waals surface area contributed by atoms with Crippen molar-refractivity contribution in [2.24, 2.45) is 16.2 Å². The van der Waals surface area contributed by atoms with Crippen LogP contribution in [0, 0.1) is 28.6 Å². The highest BCUT2D eigenvalue weighted by molar-refractivity contribution is 5.96. The highest BCUT2D eigenvalue weighted by atomic mass is 16.6. The van der Waals surface area contributed by atoms with Crippen LogP contribution in [0.1, 0.15) is 96.3 Å². The quantitative estimate of drug-likeness (QED) is 0.0249. The Morgan fingerprint density at radius 2 is 0.584 bits per heavy atom. The highest BCUT2D eigenvalue weighted by Gasteiger charge is 2.46. The van der Waals surface area contributed by atoms with Gasteiger partial charge in [-0.05, 0) is 69.3 Å². The third-order valence-corrected chi connectivity index (χ3v) is 10.5. The molecule has 0 atom stereocenters. The fraction of sp³-hybridized carbons (Fsp3) is 0.327. The molecule has 0 unspecified atom stereocenters. The second-order valence-electron chi connectivity index (χ2n) is 17.6. The van der Waals surface area contributed by atoms with Crippen molar-refractivity contribution in [2.75, 3.05) is 46.2 Å². The van der Waals surface area contributed by atoms with E-state index in [1.54, 1.807) is 0 Å². The molecule has 0 fully saturated rings. The van der Waals surface area contributed by atoms with Gasteiger partial charge < -0.3 is 52.1 Å². The third-order valence-electron chi connectivity index (χ3n) is 10.5. The van der Waals surface area contributed by atoms with Gasteiger partial charge in [-0.1, -0.05) is 48.5 Å². The molecular formula is C55H54O22. The lowest BCUT2D eigenvalue weighted by atomic mass is 9.90. The number of hydrogen-bond acceptors (Lipinski definition) is 22. The van der Waals surface area contributed by atoms with Gasteiger partial charge in [0, 0.05) is 34.1 Å². The standard InChI is InChI=1S/C55H54O22/c1-9-10-27-67-50(64)55(8,32-72-51(65)53(6,28-68-46(60)38-19-11-15-23-42(38)74-34(2)56)29-69-47(61)39-20-12-16-24-43(39)75-35(3)57)33-73-52(66)54(7,30-70-48(62)40-21-13-17-25-44(40)76-36(4)58)31-71-49(63)41-22-14-18-26-45(41)77-37(5)59/h1,11-26H,10,27-33H2,2-8H3. The number of esters is 11. The van der Waals surface area contributed by atoms with E-state index in [2.05, 4.69) is 5.92 Å². The second-order valence-corrected chi connectivity index (χ2v) is 17.6. The number of para-hydroxylation sites is 4. The van der Waals surface area contributed by atoms with E-state index >= 15 is 0 Å². The topological polar surface area (TPSA) is 289 Å². The van der Waals surface area contributed by atoms with Crippen molar-refractivity contribution in [1.29, 1.82) is 0 Å². The van der Waals surface area contributed by atoms with E-state index in [0.717, 1.165) is 27.7 Å². The smallest absolute Gasteiger partial charge is 0.341 e. The molecular weight excluding hydrogens is 1010 g/mol. The maximum atomic E-state index is 14.3. The first-order chi connectivity index (χ1) is 36.4. The number of terminal acetylenes is 1. The van der Waals surface area contributed by atoms with E-state index in [0.29, 0.717) is 0 Å². The molecule has 0 aromatic heterocycles. The molecule has 0 saturated carbocycles. The maximum absolute atomic E-state index is 14.3. The van der Waals surface area contributed by atoms with Crippen LogP contribution in [-0.4, -0.2) is 112 Å². The summed E-state index contributed by atoms with van der Waals surface area (Å²) < 4.78 is 59.2. The lowest BCUT2D eigenvalue weighted by molar-refractivity contribution is -0.179. The van der Waals surface area contributed by atoms with E-state index in [1.807, 2.05) is 0 Å². The Bertz CT molecular complexity index is 2600. The molecule has 4 aromatic carbocycles. The molecule has 0 amide bonds. The van der Waals surface area contributed by atoms with E-state index < -0.39 is 122 Å². The van der Waals surface area contributed by atoms with E-state index in [-0.39, 0.29) is 58.3 Å². The van der Waals surface area contributed by atoms with Crippen LogP contribution < -0.4 is 18.9 Å². The average molecular weight is 1070 g/mol. The number of ether oxygens (including phenoxy) is 11. The van der Waals surface area contributed by atoms with Crippen LogP contribution in [0.2, 0.25) is 0 Å². The largest absolute Gasteiger partial charge is 0.464 e. The van der Waals surface area contributed by atoms with Gasteiger partial charge in [0.25, 0.3) is 0 Å². The summed E-state index contributed by atoms with van der Waals surface area (Å²) in [5, 5.41) is 0. The number of benzene rings is 4. The van der Waals surface area contributed by atoms with Crippen molar-refractivity contribution in [3.63, 3.8) is 0 Å². The normalized spacial score (nSPS) is 11.0. The van der Waals surface area contributed by atoms with Gasteiger partial charge in [0.15, 0.2) is 0 Å². The van der Waals surface area contributed by atoms with E-state index in [9.17, 15) is 52.7 Å². The molecule has 0 spiro atoms. The summed E-state index contributed by atoms with van der Waals surface area (Å²) in [6.07, 6.45) is 5.29. The Morgan fingerprint density at radius 1 is 0.364 bits per heavy atom. The van der Waals surface area contributed by atoms with Crippen LogP contribution in [0.15, 0.2) is 97.1 Å². The number of hydrogen-bond donors (Lipinski definition) is 0. The third kappa shape index (κ3) is 17.6. The van der Waals surface area contributed by atoms with Gasteiger partial charge in [0.1, 0.15) is 108 Å². The molecule has 0 aliphatic carbocycles. The first-order valence-electron chi connectivity index (χ1n) is 23.2. The number of carbonyl (C=O) groups excluding carboxylic acids is 11. The lowest BCUT2D eigenvalue weighted by Gasteiger charge is -2.32. The van der Waals surface area contributed by atoms with Crippen LogP contribution >= 0.6 is 0 Å². The van der Waals surface area contributed by atoms with E-state index in [4.69, 9.17) is 58.5 Å². The first kappa shape index (κ1) is 60.2. The van der Waals surface area contributed by atoms with Crippen molar-refractivity contribution in [1.82, 2.24) is 0 Å². The van der Waals surface area contributed by atoms with Crippen molar-refractivity contribution in [2.45, 2.75) is 54.9 Å². The summed E-state index contributed by atoms with van der Waals surface area (Å²) in [5.74, 6) is -9.52. The molecule has 0 N–H and O–H groups in total. The van der Waals surface area contributed by atoms with Crippen molar-refractivity contribution in [3.05, 3.63) is 119 Å². The van der Waals surface area contributed by atoms with Gasteiger partial charge in [0.2, 0.25) is 0 Å². The number of rotatable bonds is 25. The molecule has 4 aromatic rings. The van der Waals surface area contributed by atoms with Gasteiger partial charge in [-0.2, -0.15) is 0 Å². The summed E-state index contributed by atoms with van der Waals surface area (Å²) in [6.45, 7) is 2.12. The molecule has 22 nitrogen and oxygen atoms in total. The van der Waals surface area contributed by atoms with Gasteiger partial charge >= 0.3 is 65.7 Å². The molecule has 0 heterocycles. The van der Waals surface area contributed by atoms with Crippen molar-refractivity contribution in [3.8, 4) is 35.3 Å². The van der Waals surface area contributed by atoms with Crippen LogP contribution in [0.3, 0.4) is 0 Å². The minimum Gasteiger partial charge on any atom is -0.464 e. The van der Waals surface area contributed by atoms with Crippen LogP contribution in [0.5, 0.6) is 23.0 Å². The fourth-order valence-electron chi connectivity index (χ4n) is 6.38. The summed E-state index contributed by atoms with van der Waals surface area (Å²) in [4.78, 5) is 144. The zero-order valence-electron chi connectivity index (χ0n) is 43.0. The summed E-state index contributed by atoms with van der Waals surface area (Å²) >= 11 is 0. The van der Waals surface area contributed by atoms with Gasteiger partial charge in [-0.25, -0.2) is 19.2 Å². The molecule has 406 valence electrons. The zero-order chi connectivity index (χ0) is 56.9. The average Bonchev–Trinajstić information content (AvgIpc) is 3.39. The molecule has 77 heavy (non-hydrogen) atoms. The van der Waals surface area contributed by atoms with Crippen LogP contribution in [-0.2, 0) is 66.7 Å². The molecule has 22 heteroatoms. The monoisotopic (exact) mass is 1070 g/mol. The highest BCUT2D eigenvalue weighted by Crippen LogP contribution is 2.31. The SMILES string of the molecule is C#CCCOC(=O)C(C)(COC(=O)C(C)(COC(=O)c1ccccc1OC(C)=O)COC(=O)c1ccccc1OC(C)=O)COC(=O)C(C)(COC(=O)c1ccccc1OC(C)=O)COC(=O)c1ccccc1OC(C)=O. The summed E-state index contributed by atoms with van der Waals surface area (Å²) in [7, 11) is 0. The molecule has 0 aliphatic heterocycles. The molecule has 4 rings (SSSR count). The van der Waals surface area contributed by atoms with Gasteiger partial charge in [-0.3, -0.25) is 33.6 Å². The minimum atomic E-state index is -2.13. The van der Waals surface area contributed by atoms with E-state index in [1.165, 1.54) is 118 Å². The molecule has 0 aliphatic rings. The Morgan fingerprint density at radius 3 is 0.818 bits per heavy atom. The fourth-order valence-corrected chi connectivity index (χ4v) is 6.38. The maximum Gasteiger partial charge on any atom is 0.341 e. The van der Waals surface area contributed by atoms with Crippen molar-refractivity contribution < 1.29 is 105 Å². The van der Waals surface area contributed by atoms with Crippen LogP contribution in [0.25, 0.3) is 0 Å². The molecule has 0 saturated heterocycles. The first-order valence-corrected chi connectivity index (χ1v) is 23.2. The summed E-state index contributed by atoms with van der Waals surface area (Å²) in [6, 6.07) is 22.0. The predicted molar refractivity (Wildman–Crippen MR) is 263 cm³/mol. The van der Waals surface area contributed by atoms with Crippen molar-refractivity contribution >= 4 is 65.7 Å². The van der Waals surface area contributed by atoms with Crippen LogP contribution in [0.4, 0.5) is 0 Å². The second kappa shape index (κ2) is 27.8. The Kier molecular flexibility index (Phi) is 21.7. The number of carbonyl (C=O) groups is 11. The molecule has 0 bridgehead atoms. The Balaban J connectivity index is 1.66. The van der Waals surface area contributed by atoms with Gasteiger partial charge in [0.05, 0.1) is 0 Å². The Hall–Kier alpha value is -9.39. The Labute approximate surface area is 441 Å². The predicted octanol–water partition coefficient (Wildman–Crippen LogP) is 5.79.